The molecule has 1 fully saturated rings. The van der Waals surface area contributed by atoms with Crippen LogP contribution in [0.15, 0.2) is 53.3 Å². The molecule has 2 aliphatic rings. The van der Waals surface area contributed by atoms with E-state index in [0.29, 0.717) is 32.0 Å². The Balaban J connectivity index is 1.53. The van der Waals surface area contributed by atoms with Crippen molar-refractivity contribution >= 4 is 27.7 Å². The van der Waals surface area contributed by atoms with Gasteiger partial charge in [-0.2, -0.15) is 0 Å². The van der Waals surface area contributed by atoms with E-state index in [9.17, 15) is 4.79 Å². The van der Waals surface area contributed by atoms with Gasteiger partial charge in [-0.1, -0.05) is 12.1 Å². The van der Waals surface area contributed by atoms with E-state index in [4.69, 9.17) is 9.47 Å². The molecule has 8 heteroatoms. The van der Waals surface area contributed by atoms with Crippen molar-refractivity contribution in [2.75, 3.05) is 44.9 Å². The van der Waals surface area contributed by atoms with E-state index in [0.717, 1.165) is 52.4 Å². The van der Waals surface area contributed by atoms with Gasteiger partial charge in [0.05, 0.1) is 24.8 Å². The number of amides is 1. The van der Waals surface area contributed by atoms with E-state index in [1.165, 1.54) is 0 Å². The normalized spacial score (nSPS) is 16.2. The molecule has 32 heavy (non-hydrogen) atoms. The van der Waals surface area contributed by atoms with Crippen LogP contribution in [0.25, 0.3) is 11.1 Å². The molecule has 0 spiro atoms. The molecule has 166 valence electrons. The number of hydrogen-bond acceptors (Lipinski definition) is 5. The van der Waals surface area contributed by atoms with E-state index in [2.05, 4.69) is 30.4 Å². The average Bonchev–Trinajstić information content (AvgIpc) is 3.15. The topological polar surface area (TPSA) is 59.8 Å². The number of benzene rings is 1. The summed E-state index contributed by atoms with van der Waals surface area (Å²) in [6.07, 6.45) is 3.58. The number of carbonyl (C=O) groups is 1. The highest BCUT2D eigenvalue weighted by atomic mass is 79.9. The van der Waals surface area contributed by atoms with E-state index in [1.54, 1.807) is 19.5 Å². The second-order valence-corrected chi connectivity index (χ2v) is 8.72. The third-order valence-corrected chi connectivity index (χ3v) is 6.84. The first kappa shape index (κ1) is 21.0. The number of morpholine rings is 1. The summed E-state index contributed by atoms with van der Waals surface area (Å²) < 4.78 is 13.9. The van der Waals surface area contributed by atoms with Gasteiger partial charge in [-0.15, -0.1) is 0 Å². The molecule has 1 aromatic carbocycles. The lowest BCUT2D eigenvalue weighted by Crippen LogP contribution is -2.42. The smallest absolute Gasteiger partial charge is 0.272 e. The Kier molecular flexibility index (Phi) is 5.89. The predicted molar refractivity (Wildman–Crippen MR) is 126 cm³/mol. The number of nitrogens with zero attached hydrogens (tertiary/aromatic N) is 4. The highest BCUT2D eigenvalue weighted by Crippen LogP contribution is 2.44. The van der Waals surface area contributed by atoms with Crippen LogP contribution >= 0.6 is 15.9 Å². The molecule has 2 aromatic heterocycles. The van der Waals surface area contributed by atoms with Crippen LogP contribution in [0.5, 0.6) is 5.75 Å². The maximum Gasteiger partial charge on any atom is 0.272 e. The number of halogens is 1. The minimum atomic E-state index is 0.0359. The van der Waals surface area contributed by atoms with Crippen molar-refractivity contribution in [1.29, 1.82) is 0 Å². The molecule has 1 saturated heterocycles. The molecule has 0 saturated carbocycles. The lowest BCUT2D eigenvalue weighted by Gasteiger charge is -2.34. The first-order valence-corrected chi connectivity index (χ1v) is 11.5. The molecule has 4 heterocycles. The zero-order chi connectivity index (χ0) is 22.1. The lowest BCUT2D eigenvalue weighted by molar-refractivity contribution is 0.0689. The van der Waals surface area contributed by atoms with Crippen LogP contribution in [-0.4, -0.2) is 60.3 Å². The van der Waals surface area contributed by atoms with E-state index < -0.39 is 0 Å². The summed E-state index contributed by atoms with van der Waals surface area (Å²) in [5.41, 5.74) is 3.88. The first-order valence-electron chi connectivity index (χ1n) is 10.7. The van der Waals surface area contributed by atoms with Crippen LogP contribution in [0.1, 0.15) is 16.1 Å². The zero-order valence-electron chi connectivity index (χ0n) is 18.0. The Hall–Kier alpha value is -2.84. The second-order valence-electron chi connectivity index (χ2n) is 7.92. The van der Waals surface area contributed by atoms with Gasteiger partial charge >= 0.3 is 0 Å². The van der Waals surface area contributed by atoms with Crippen molar-refractivity contribution in [3.8, 4) is 16.9 Å². The van der Waals surface area contributed by atoms with Gasteiger partial charge in [-0.3, -0.25) is 9.78 Å². The number of hydrogen-bond donors (Lipinski definition) is 0. The van der Waals surface area contributed by atoms with E-state index >= 15 is 0 Å². The monoisotopic (exact) mass is 496 g/mol. The molecule has 0 bridgehead atoms. The van der Waals surface area contributed by atoms with Crippen molar-refractivity contribution in [2.24, 2.45) is 0 Å². The summed E-state index contributed by atoms with van der Waals surface area (Å²) in [7, 11) is 1.65. The Labute approximate surface area is 195 Å². The van der Waals surface area contributed by atoms with Crippen LogP contribution < -0.4 is 9.64 Å². The fraction of sp³-hybridized carbons (Fsp3) is 0.333. The van der Waals surface area contributed by atoms with Gasteiger partial charge in [0.1, 0.15) is 17.3 Å². The molecule has 1 amide bonds. The van der Waals surface area contributed by atoms with Crippen molar-refractivity contribution < 1.29 is 14.3 Å². The van der Waals surface area contributed by atoms with Crippen LogP contribution in [-0.2, 0) is 17.8 Å². The number of fused-ring (bicyclic) bond motifs is 1. The molecular weight excluding hydrogens is 472 g/mol. The quantitative estimate of drug-likeness (QED) is 0.537. The lowest BCUT2D eigenvalue weighted by atomic mass is 10.1. The number of pyridine rings is 1. The van der Waals surface area contributed by atoms with Crippen LogP contribution in [0.3, 0.4) is 0 Å². The highest BCUT2D eigenvalue weighted by Gasteiger charge is 2.35. The molecular formula is C24H25BrN4O3. The molecule has 0 atom stereocenters. The standard InChI is InChI=1S/C24H25BrN4O3/c1-31-19-4-2-17(3-5-19)16-28-10-11-29-22(24(28)30)21(25)20(18-6-8-26-9-7-18)23(29)27-12-14-32-15-13-27/h2-9H,10-16H2,1H3. The number of rotatable bonds is 5. The number of anilines is 1. The summed E-state index contributed by atoms with van der Waals surface area (Å²) in [4.78, 5) is 22.1. The maximum absolute atomic E-state index is 13.6. The van der Waals surface area contributed by atoms with Gasteiger partial charge in [0.2, 0.25) is 0 Å². The number of aromatic nitrogens is 2. The predicted octanol–water partition coefficient (Wildman–Crippen LogP) is 3.81. The van der Waals surface area contributed by atoms with Crippen molar-refractivity contribution in [3.05, 3.63) is 64.5 Å². The van der Waals surface area contributed by atoms with Gasteiger partial charge in [0, 0.05) is 50.7 Å². The van der Waals surface area contributed by atoms with Gasteiger partial charge in [0.15, 0.2) is 0 Å². The number of methoxy groups -OCH3 is 1. The summed E-state index contributed by atoms with van der Waals surface area (Å²) in [6.45, 7) is 4.95. The molecule has 3 aromatic rings. The third-order valence-electron chi connectivity index (χ3n) is 6.07. The van der Waals surface area contributed by atoms with Crippen molar-refractivity contribution in [1.82, 2.24) is 14.5 Å². The zero-order valence-corrected chi connectivity index (χ0v) is 19.5. The fourth-order valence-electron chi connectivity index (χ4n) is 4.46. The Morgan fingerprint density at radius 2 is 1.75 bits per heavy atom. The Bertz CT molecular complexity index is 1110. The summed E-state index contributed by atoms with van der Waals surface area (Å²) in [5, 5.41) is 0. The Morgan fingerprint density at radius 3 is 2.44 bits per heavy atom. The van der Waals surface area contributed by atoms with E-state index in [1.807, 2.05) is 41.3 Å². The minimum Gasteiger partial charge on any atom is -0.497 e. The first-order chi connectivity index (χ1) is 15.7. The molecule has 0 unspecified atom stereocenters. The summed E-state index contributed by atoms with van der Waals surface area (Å²) in [6, 6.07) is 11.9. The summed E-state index contributed by atoms with van der Waals surface area (Å²) >= 11 is 3.80. The maximum atomic E-state index is 13.6. The Morgan fingerprint density at radius 1 is 1.03 bits per heavy atom. The molecule has 7 nitrogen and oxygen atoms in total. The molecule has 5 rings (SSSR count). The average molecular weight is 497 g/mol. The van der Waals surface area contributed by atoms with Crippen LogP contribution in [0, 0.1) is 0 Å². The van der Waals surface area contributed by atoms with Gasteiger partial charge in [0.25, 0.3) is 5.91 Å². The van der Waals surface area contributed by atoms with Gasteiger partial charge in [-0.25, -0.2) is 0 Å². The number of carbonyl (C=O) groups excluding carboxylic acids is 1. The van der Waals surface area contributed by atoms with Crippen LogP contribution in [0.2, 0.25) is 0 Å². The van der Waals surface area contributed by atoms with Crippen molar-refractivity contribution in [2.45, 2.75) is 13.1 Å². The van der Waals surface area contributed by atoms with Gasteiger partial charge < -0.3 is 23.8 Å². The minimum absolute atomic E-state index is 0.0359. The third kappa shape index (κ3) is 3.78. The van der Waals surface area contributed by atoms with Gasteiger partial charge in [-0.05, 0) is 51.3 Å². The number of ether oxygens (including phenoxy) is 2. The van der Waals surface area contributed by atoms with Crippen molar-refractivity contribution in [3.63, 3.8) is 0 Å². The molecule has 0 radical (unpaired) electrons. The SMILES string of the molecule is COc1ccc(CN2CCn3c(c(Br)c(-c4ccncc4)c3N3CCOCC3)C2=O)cc1. The molecule has 2 aliphatic heterocycles. The second kappa shape index (κ2) is 8.96. The van der Waals surface area contributed by atoms with Crippen LogP contribution in [0.4, 0.5) is 5.82 Å². The highest BCUT2D eigenvalue weighted by molar-refractivity contribution is 9.10. The molecule has 0 N–H and O–H groups in total. The fourth-order valence-corrected chi connectivity index (χ4v) is 5.25. The van der Waals surface area contributed by atoms with E-state index in [-0.39, 0.29) is 5.91 Å². The largest absolute Gasteiger partial charge is 0.497 e. The summed E-state index contributed by atoms with van der Waals surface area (Å²) in [5.74, 6) is 1.93. The molecule has 0 aliphatic carbocycles.